The lowest BCUT2D eigenvalue weighted by Crippen LogP contribution is -2.03. The zero-order valence-corrected chi connectivity index (χ0v) is 12.4. The highest BCUT2D eigenvalue weighted by molar-refractivity contribution is 5.89. The van der Waals surface area contributed by atoms with Gasteiger partial charge in [0.1, 0.15) is 0 Å². The Kier molecular flexibility index (Phi) is 3.89. The van der Waals surface area contributed by atoms with Crippen molar-refractivity contribution in [3.05, 3.63) is 71.9 Å². The Morgan fingerprint density at radius 3 is 2.78 bits per heavy atom. The maximum absolute atomic E-state index is 11.6. The fourth-order valence-corrected chi connectivity index (χ4v) is 2.26. The summed E-state index contributed by atoms with van der Waals surface area (Å²) < 4.78 is 6.41. The van der Waals surface area contributed by atoms with Gasteiger partial charge < -0.3 is 4.74 Å². The number of nitrogens with zero attached hydrogens (tertiary/aromatic N) is 3. The standard InChI is InChI=1S/C18H13N3O2/c1-23-18(22)15-6-3-7-16(11-15)21-9-8-17(20-21)14-5-2-4-13(10-14)12-19/h2-11H,1H3. The molecule has 0 N–H and O–H groups in total. The van der Waals surface area contributed by atoms with E-state index < -0.39 is 0 Å². The number of nitriles is 1. The Labute approximate surface area is 133 Å². The van der Waals surface area contributed by atoms with Gasteiger partial charge in [0.25, 0.3) is 0 Å². The molecule has 0 amide bonds. The highest BCUT2D eigenvalue weighted by Gasteiger charge is 2.08. The molecule has 0 unspecified atom stereocenters. The van der Waals surface area contributed by atoms with E-state index in [0.29, 0.717) is 11.1 Å². The average molecular weight is 303 g/mol. The van der Waals surface area contributed by atoms with Crippen LogP contribution in [0, 0.1) is 11.3 Å². The second kappa shape index (κ2) is 6.16. The van der Waals surface area contributed by atoms with Crippen LogP contribution in [0.1, 0.15) is 15.9 Å². The Hall–Kier alpha value is -3.39. The molecule has 23 heavy (non-hydrogen) atoms. The SMILES string of the molecule is COC(=O)c1cccc(-n2ccc(-c3cccc(C#N)c3)n2)c1. The van der Waals surface area contributed by atoms with E-state index in [2.05, 4.69) is 11.2 Å². The molecule has 0 aliphatic heterocycles. The normalized spacial score (nSPS) is 10.1. The number of hydrogen-bond donors (Lipinski definition) is 0. The molecular weight excluding hydrogens is 290 g/mol. The summed E-state index contributed by atoms with van der Waals surface area (Å²) in [6, 6.07) is 18.3. The number of rotatable bonds is 3. The number of esters is 1. The first-order chi connectivity index (χ1) is 11.2. The van der Waals surface area contributed by atoms with Crippen LogP contribution >= 0.6 is 0 Å². The van der Waals surface area contributed by atoms with Gasteiger partial charge in [-0.2, -0.15) is 10.4 Å². The van der Waals surface area contributed by atoms with Crippen LogP contribution < -0.4 is 0 Å². The van der Waals surface area contributed by atoms with Crippen LogP contribution in [0.15, 0.2) is 60.8 Å². The first kappa shape index (κ1) is 14.5. The smallest absolute Gasteiger partial charge is 0.337 e. The van der Waals surface area contributed by atoms with Crippen LogP contribution in [0.25, 0.3) is 16.9 Å². The summed E-state index contributed by atoms with van der Waals surface area (Å²) in [7, 11) is 1.35. The Morgan fingerprint density at radius 2 is 2.00 bits per heavy atom. The van der Waals surface area contributed by atoms with Gasteiger partial charge in [0, 0.05) is 11.8 Å². The third kappa shape index (κ3) is 2.97. The molecule has 0 aliphatic carbocycles. The second-order valence-electron chi connectivity index (χ2n) is 4.88. The van der Waals surface area contributed by atoms with E-state index in [1.54, 1.807) is 35.0 Å². The summed E-state index contributed by atoms with van der Waals surface area (Å²) >= 11 is 0. The molecule has 2 aromatic carbocycles. The molecule has 0 bridgehead atoms. The molecule has 1 aromatic heterocycles. The van der Waals surface area contributed by atoms with E-state index in [9.17, 15) is 4.79 Å². The van der Waals surface area contributed by atoms with Crippen molar-refractivity contribution in [3.63, 3.8) is 0 Å². The van der Waals surface area contributed by atoms with Gasteiger partial charge in [0.2, 0.25) is 0 Å². The molecule has 0 spiro atoms. The van der Waals surface area contributed by atoms with Gasteiger partial charge in [0.15, 0.2) is 0 Å². The van der Waals surface area contributed by atoms with E-state index in [1.165, 1.54) is 7.11 Å². The van der Waals surface area contributed by atoms with Crippen LogP contribution in [-0.2, 0) is 4.74 Å². The summed E-state index contributed by atoms with van der Waals surface area (Å²) in [5.74, 6) is -0.388. The van der Waals surface area contributed by atoms with Crippen molar-refractivity contribution in [1.29, 1.82) is 5.26 Å². The number of aromatic nitrogens is 2. The molecule has 3 aromatic rings. The molecule has 5 nitrogen and oxygen atoms in total. The van der Waals surface area contributed by atoms with Crippen molar-refractivity contribution in [2.45, 2.75) is 0 Å². The Bertz CT molecular complexity index is 906. The van der Waals surface area contributed by atoms with Gasteiger partial charge in [0.05, 0.1) is 35.7 Å². The van der Waals surface area contributed by atoms with Crippen LogP contribution in [0.5, 0.6) is 0 Å². The van der Waals surface area contributed by atoms with E-state index >= 15 is 0 Å². The van der Waals surface area contributed by atoms with Gasteiger partial charge >= 0.3 is 5.97 Å². The molecule has 112 valence electrons. The molecule has 0 aliphatic rings. The van der Waals surface area contributed by atoms with Crippen LogP contribution in [0.3, 0.4) is 0 Å². The average Bonchev–Trinajstić information content (AvgIpc) is 3.11. The van der Waals surface area contributed by atoms with Crippen LogP contribution in [0.2, 0.25) is 0 Å². The number of carbonyl (C=O) groups is 1. The highest BCUT2D eigenvalue weighted by atomic mass is 16.5. The summed E-state index contributed by atoms with van der Waals surface area (Å²) in [4.78, 5) is 11.6. The first-order valence-corrected chi connectivity index (χ1v) is 6.96. The van der Waals surface area contributed by atoms with Gasteiger partial charge in [-0.1, -0.05) is 18.2 Å². The number of hydrogen-bond acceptors (Lipinski definition) is 4. The maximum Gasteiger partial charge on any atom is 0.337 e. The van der Waals surface area contributed by atoms with Crippen LogP contribution in [0.4, 0.5) is 0 Å². The lowest BCUT2D eigenvalue weighted by Gasteiger charge is -2.04. The molecule has 0 saturated heterocycles. The van der Waals surface area contributed by atoms with Crippen LogP contribution in [-0.4, -0.2) is 22.9 Å². The van der Waals surface area contributed by atoms with Crippen molar-refractivity contribution in [2.24, 2.45) is 0 Å². The van der Waals surface area contributed by atoms with E-state index in [4.69, 9.17) is 10.00 Å². The molecular formula is C18H13N3O2. The quantitative estimate of drug-likeness (QED) is 0.697. The van der Waals surface area contributed by atoms with Crippen molar-refractivity contribution in [3.8, 4) is 23.0 Å². The minimum absolute atomic E-state index is 0.388. The van der Waals surface area contributed by atoms with Gasteiger partial charge in [-0.15, -0.1) is 0 Å². The minimum atomic E-state index is -0.388. The molecule has 0 atom stereocenters. The monoisotopic (exact) mass is 303 g/mol. The van der Waals surface area contributed by atoms with E-state index in [0.717, 1.165) is 16.9 Å². The molecule has 0 saturated carbocycles. The number of ether oxygens (including phenoxy) is 1. The summed E-state index contributed by atoms with van der Waals surface area (Å²) in [5.41, 5.74) is 3.44. The van der Waals surface area contributed by atoms with Crippen molar-refractivity contribution in [1.82, 2.24) is 9.78 Å². The Morgan fingerprint density at radius 1 is 1.17 bits per heavy atom. The summed E-state index contributed by atoms with van der Waals surface area (Å²) in [6.07, 6.45) is 1.81. The number of benzene rings is 2. The molecule has 3 rings (SSSR count). The topological polar surface area (TPSA) is 67.9 Å². The van der Waals surface area contributed by atoms with Gasteiger partial charge in [-0.25, -0.2) is 9.48 Å². The number of methoxy groups -OCH3 is 1. The van der Waals surface area contributed by atoms with Gasteiger partial charge in [-0.05, 0) is 36.4 Å². The lowest BCUT2D eigenvalue weighted by molar-refractivity contribution is 0.0600. The summed E-state index contributed by atoms with van der Waals surface area (Å²) in [5, 5.41) is 13.5. The molecule has 1 heterocycles. The fourth-order valence-electron chi connectivity index (χ4n) is 2.26. The lowest BCUT2D eigenvalue weighted by atomic mass is 10.1. The first-order valence-electron chi connectivity index (χ1n) is 6.96. The molecule has 0 radical (unpaired) electrons. The minimum Gasteiger partial charge on any atom is -0.465 e. The molecule has 5 heteroatoms. The maximum atomic E-state index is 11.6. The molecule has 0 fully saturated rings. The predicted molar refractivity (Wildman–Crippen MR) is 85.1 cm³/mol. The summed E-state index contributed by atoms with van der Waals surface area (Å²) in [6.45, 7) is 0. The zero-order chi connectivity index (χ0) is 16.2. The van der Waals surface area contributed by atoms with E-state index in [1.807, 2.05) is 30.5 Å². The second-order valence-corrected chi connectivity index (χ2v) is 4.88. The van der Waals surface area contributed by atoms with E-state index in [-0.39, 0.29) is 5.97 Å². The van der Waals surface area contributed by atoms with Crippen molar-refractivity contribution < 1.29 is 9.53 Å². The Balaban J connectivity index is 1.96. The third-order valence-electron chi connectivity index (χ3n) is 3.41. The van der Waals surface area contributed by atoms with Gasteiger partial charge in [-0.3, -0.25) is 0 Å². The van der Waals surface area contributed by atoms with Crippen molar-refractivity contribution in [2.75, 3.05) is 7.11 Å². The number of carbonyl (C=O) groups excluding carboxylic acids is 1. The predicted octanol–water partition coefficient (Wildman–Crippen LogP) is 3.20. The van der Waals surface area contributed by atoms with Crippen molar-refractivity contribution >= 4 is 5.97 Å². The highest BCUT2D eigenvalue weighted by Crippen LogP contribution is 2.20. The largest absolute Gasteiger partial charge is 0.465 e. The third-order valence-corrected chi connectivity index (χ3v) is 3.41. The zero-order valence-electron chi connectivity index (χ0n) is 12.4. The fraction of sp³-hybridized carbons (Fsp3) is 0.0556.